The summed E-state index contributed by atoms with van der Waals surface area (Å²) in [6.45, 7) is 0. The van der Waals surface area contributed by atoms with Crippen molar-refractivity contribution in [1.29, 1.82) is 0 Å². The summed E-state index contributed by atoms with van der Waals surface area (Å²) >= 11 is 0. The van der Waals surface area contributed by atoms with Crippen LogP contribution in [0.4, 0.5) is 17.1 Å². The van der Waals surface area contributed by atoms with E-state index in [1.165, 1.54) is 55.6 Å². The Balaban J connectivity index is 1.35. The molecule has 0 spiro atoms. The summed E-state index contributed by atoms with van der Waals surface area (Å²) in [6.07, 6.45) is 0. The molecule has 9 rings (SSSR count). The van der Waals surface area contributed by atoms with Crippen LogP contribution in [0.5, 0.6) is 0 Å². The lowest BCUT2D eigenvalue weighted by atomic mass is 9.67. The van der Waals surface area contributed by atoms with Gasteiger partial charge in [0.05, 0.1) is 11.1 Å². The van der Waals surface area contributed by atoms with Gasteiger partial charge in [-0.1, -0.05) is 182 Å². The molecule has 0 unspecified atom stereocenters. The van der Waals surface area contributed by atoms with Crippen molar-refractivity contribution in [1.82, 2.24) is 0 Å². The maximum absolute atomic E-state index is 2.45. The Morgan fingerprint density at radius 3 is 1.46 bits per heavy atom. The van der Waals surface area contributed by atoms with E-state index in [0.717, 1.165) is 17.1 Å². The molecule has 0 radical (unpaired) electrons. The van der Waals surface area contributed by atoms with E-state index in [0.29, 0.717) is 0 Å². The molecule has 1 aliphatic carbocycles. The van der Waals surface area contributed by atoms with Gasteiger partial charge >= 0.3 is 0 Å². The lowest BCUT2D eigenvalue weighted by Crippen LogP contribution is -2.28. The summed E-state index contributed by atoms with van der Waals surface area (Å²) in [4.78, 5) is 2.44. The van der Waals surface area contributed by atoms with Crippen LogP contribution in [-0.4, -0.2) is 0 Å². The standard InChI is InChI=1S/C49H35N/c1-6-19-36(20-7-1)42-30-18-32-47(48(42)37-21-8-2-9-22-37)50(40-27-14-5-15-28-40)41-33-34-44-43-29-16-17-31-45(43)49(46(44)35-41,38-23-10-3-11-24-38)39-25-12-4-13-26-39/h1-35H. The predicted octanol–water partition coefficient (Wildman–Crippen LogP) is 12.9. The van der Waals surface area contributed by atoms with Crippen LogP contribution < -0.4 is 4.90 Å². The van der Waals surface area contributed by atoms with Crippen molar-refractivity contribution in [3.8, 4) is 33.4 Å². The first-order chi connectivity index (χ1) is 24.8. The normalized spacial score (nSPS) is 12.6. The Morgan fingerprint density at radius 2 is 0.820 bits per heavy atom. The van der Waals surface area contributed by atoms with E-state index in [4.69, 9.17) is 0 Å². The molecule has 0 saturated carbocycles. The molecule has 0 amide bonds. The smallest absolute Gasteiger partial charge is 0.0714 e. The highest BCUT2D eigenvalue weighted by atomic mass is 15.1. The third-order valence-electron chi connectivity index (χ3n) is 10.1. The van der Waals surface area contributed by atoms with Crippen molar-refractivity contribution in [3.63, 3.8) is 0 Å². The van der Waals surface area contributed by atoms with Gasteiger partial charge < -0.3 is 4.90 Å². The molecule has 236 valence electrons. The van der Waals surface area contributed by atoms with Crippen molar-refractivity contribution < 1.29 is 0 Å². The molecule has 0 bridgehead atoms. The minimum Gasteiger partial charge on any atom is -0.310 e. The molecular formula is C49H35N. The summed E-state index contributed by atoms with van der Waals surface area (Å²) in [7, 11) is 0. The maximum atomic E-state index is 2.45. The molecule has 1 aliphatic rings. The van der Waals surface area contributed by atoms with Gasteiger partial charge in [-0.25, -0.2) is 0 Å². The minimum atomic E-state index is -0.485. The largest absolute Gasteiger partial charge is 0.310 e. The number of fused-ring (bicyclic) bond motifs is 3. The highest BCUT2D eigenvalue weighted by Crippen LogP contribution is 2.57. The number of benzene rings is 8. The molecule has 0 aliphatic heterocycles. The van der Waals surface area contributed by atoms with Crippen molar-refractivity contribution in [2.75, 3.05) is 4.90 Å². The van der Waals surface area contributed by atoms with E-state index in [1.807, 2.05) is 0 Å². The van der Waals surface area contributed by atoms with Gasteiger partial charge in [0, 0.05) is 16.9 Å². The summed E-state index contributed by atoms with van der Waals surface area (Å²) in [5, 5.41) is 0. The Hall–Kier alpha value is -6.44. The van der Waals surface area contributed by atoms with Crippen LogP contribution in [0.15, 0.2) is 212 Å². The Labute approximate surface area is 294 Å². The fourth-order valence-corrected chi connectivity index (χ4v) is 8.07. The van der Waals surface area contributed by atoms with E-state index in [-0.39, 0.29) is 0 Å². The second-order valence-electron chi connectivity index (χ2n) is 12.9. The summed E-state index contributed by atoms with van der Waals surface area (Å²) < 4.78 is 0. The fourth-order valence-electron chi connectivity index (χ4n) is 8.07. The maximum Gasteiger partial charge on any atom is 0.0714 e. The average molecular weight is 638 g/mol. The van der Waals surface area contributed by atoms with Crippen molar-refractivity contribution >= 4 is 17.1 Å². The zero-order valence-corrected chi connectivity index (χ0v) is 27.7. The molecular weight excluding hydrogens is 603 g/mol. The molecule has 1 heteroatoms. The third kappa shape index (κ3) is 4.78. The molecule has 0 N–H and O–H groups in total. The first kappa shape index (κ1) is 29.7. The molecule has 8 aromatic rings. The van der Waals surface area contributed by atoms with Gasteiger partial charge in [0.15, 0.2) is 0 Å². The quantitative estimate of drug-likeness (QED) is 0.168. The molecule has 0 atom stereocenters. The average Bonchev–Trinajstić information content (AvgIpc) is 3.50. The topological polar surface area (TPSA) is 3.24 Å². The monoisotopic (exact) mass is 637 g/mol. The van der Waals surface area contributed by atoms with Gasteiger partial charge in [-0.2, -0.15) is 0 Å². The first-order valence-electron chi connectivity index (χ1n) is 17.3. The Kier molecular flexibility index (Phi) is 7.44. The van der Waals surface area contributed by atoms with Crippen LogP contribution in [0.25, 0.3) is 33.4 Å². The molecule has 50 heavy (non-hydrogen) atoms. The summed E-state index contributed by atoms with van der Waals surface area (Å²) in [5.74, 6) is 0. The van der Waals surface area contributed by atoms with Gasteiger partial charge in [-0.15, -0.1) is 0 Å². The Morgan fingerprint density at radius 1 is 0.320 bits per heavy atom. The molecule has 0 heterocycles. The molecule has 8 aromatic carbocycles. The zero-order chi connectivity index (χ0) is 33.3. The second-order valence-corrected chi connectivity index (χ2v) is 12.9. The lowest BCUT2D eigenvalue weighted by Gasteiger charge is -2.35. The molecule has 0 fully saturated rings. The predicted molar refractivity (Wildman–Crippen MR) is 209 cm³/mol. The van der Waals surface area contributed by atoms with Crippen LogP contribution >= 0.6 is 0 Å². The van der Waals surface area contributed by atoms with Crippen molar-refractivity contribution in [2.45, 2.75) is 5.41 Å². The highest BCUT2D eigenvalue weighted by Gasteiger charge is 2.46. The Bertz CT molecular complexity index is 2360. The van der Waals surface area contributed by atoms with Gasteiger partial charge in [-0.05, 0) is 80.4 Å². The van der Waals surface area contributed by atoms with Crippen LogP contribution in [0.2, 0.25) is 0 Å². The highest BCUT2D eigenvalue weighted by molar-refractivity contribution is 5.97. The minimum absolute atomic E-state index is 0.485. The van der Waals surface area contributed by atoms with Gasteiger partial charge in [-0.3, -0.25) is 0 Å². The number of hydrogen-bond donors (Lipinski definition) is 0. The summed E-state index contributed by atoms with van der Waals surface area (Å²) in [6, 6.07) is 77.2. The van der Waals surface area contributed by atoms with Crippen molar-refractivity contribution in [3.05, 3.63) is 235 Å². The summed E-state index contributed by atoms with van der Waals surface area (Å²) in [5.41, 5.74) is 15.3. The molecule has 0 saturated heterocycles. The van der Waals surface area contributed by atoms with Crippen LogP contribution in [-0.2, 0) is 5.41 Å². The van der Waals surface area contributed by atoms with E-state index in [1.54, 1.807) is 0 Å². The van der Waals surface area contributed by atoms with Gasteiger partial charge in [0.1, 0.15) is 0 Å². The SMILES string of the molecule is c1ccc(-c2cccc(N(c3ccccc3)c3ccc4c(c3)C(c3ccccc3)(c3ccccc3)c3ccccc3-4)c2-c2ccccc2)cc1. The van der Waals surface area contributed by atoms with E-state index in [2.05, 4.69) is 217 Å². The lowest BCUT2D eigenvalue weighted by molar-refractivity contribution is 0.768. The van der Waals surface area contributed by atoms with Crippen LogP contribution in [0.1, 0.15) is 22.3 Å². The molecule has 0 aromatic heterocycles. The first-order valence-corrected chi connectivity index (χ1v) is 17.3. The number of anilines is 3. The van der Waals surface area contributed by atoms with Gasteiger partial charge in [0.2, 0.25) is 0 Å². The fraction of sp³-hybridized carbons (Fsp3) is 0.0204. The second kappa shape index (κ2) is 12.5. The number of para-hydroxylation sites is 1. The van der Waals surface area contributed by atoms with Crippen LogP contribution in [0, 0.1) is 0 Å². The van der Waals surface area contributed by atoms with E-state index in [9.17, 15) is 0 Å². The molecule has 1 nitrogen and oxygen atoms in total. The van der Waals surface area contributed by atoms with Crippen LogP contribution in [0.3, 0.4) is 0 Å². The number of nitrogens with zero attached hydrogens (tertiary/aromatic N) is 1. The van der Waals surface area contributed by atoms with E-state index < -0.39 is 5.41 Å². The van der Waals surface area contributed by atoms with E-state index >= 15 is 0 Å². The number of hydrogen-bond acceptors (Lipinski definition) is 1. The van der Waals surface area contributed by atoms with Crippen molar-refractivity contribution in [2.24, 2.45) is 0 Å². The number of rotatable bonds is 7. The van der Waals surface area contributed by atoms with Gasteiger partial charge in [0.25, 0.3) is 0 Å². The zero-order valence-electron chi connectivity index (χ0n) is 27.7. The third-order valence-corrected chi connectivity index (χ3v) is 10.1.